The first-order valence-corrected chi connectivity index (χ1v) is 4.45. The Bertz CT molecular complexity index is 327. The minimum Gasteiger partial charge on any atom is -0.369 e. The molecular formula is C10H12F2N2O. The quantitative estimate of drug-likeness (QED) is 0.763. The average Bonchev–Trinajstić information content (AvgIpc) is 2.18. The molecule has 1 aromatic carbocycles. The van der Waals surface area contributed by atoms with Crippen LogP contribution in [0, 0.1) is 0 Å². The molecule has 0 fully saturated rings. The van der Waals surface area contributed by atoms with Crippen molar-refractivity contribution in [3.8, 4) is 0 Å². The topological polar surface area (TPSA) is 55.1 Å². The van der Waals surface area contributed by atoms with Crippen LogP contribution in [0.2, 0.25) is 0 Å². The van der Waals surface area contributed by atoms with E-state index in [1.807, 2.05) is 0 Å². The van der Waals surface area contributed by atoms with Crippen LogP contribution >= 0.6 is 0 Å². The predicted molar refractivity (Wildman–Crippen MR) is 52.4 cm³/mol. The SMILES string of the molecule is NC(=O)CNCC(F)(F)c1ccccc1. The van der Waals surface area contributed by atoms with Crippen molar-refractivity contribution in [2.45, 2.75) is 5.92 Å². The van der Waals surface area contributed by atoms with E-state index in [2.05, 4.69) is 5.32 Å². The van der Waals surface area contributed by atoms with E-state index in [4.69, 9.17) is 5.73 Å². The monoisotopic (exact) mass is 214 g/mol. The number of carbonyl (C=O) groups excluding carboxylic acids is 1. The number of amides is 1. The Labute approximate surface area is 86.3 Å². The molecule has 0 saturated carbocycles. The highest BCUT2D eigenvalue weighted by Gasteiger charge is 2.30. The Morgan fingerprint density at radius 2 is 1.93 bits per heavy atom. The van der Waals surface area contributed by atoms with Crippen LogP contribution in [0.5, 0.6) is 0 Å². The lowest BCUT2D eigenvalue weighted by Crippen LogP contribution is -2.36. The molecule has 3 nitrogen and oxygen atoms in total. The van der Waals surface area contributed by atoms with Crippen LogP contribution in [0.15, 0.2) is 30.3 Å². The van der Waals surface area contributed by atoms with Gasteiger partial charge in [-0.2, -0.15) is 8.78 Å². The third-order valence-corrected chi connectivity index (χ3v) is 1.84. The van der Waals surface area contributed by atoms with Gasteiger partial charge < -0.3 is 11.1 Å². The standard InChI is InChI=1S/C10H12F2N2O/c11-10(12,7-14-6-9(13)15)8-4-2-1-3-5-8/h1-5,14H,6-7H2,(H2,13,15). The summed E-state index contributed by atoms with van der Waals surface area (Å²) in [6.07, 6.45) is 0. The summed E-state index contributed by atoms with van der Waals surface area (Å²) in [5.74, 6) is -3.64. The summed E-state index contributed by atoms with van der Waals surface area (Å²) in [6.45, 7) is -0.845. The van der Waals surface area contributed by atoms with Crippen molar-refractivity contribution in [2.75, 3.05) is 13.1 Å². The number of hydrogen-bond donors (Lipinski definition) is 2. The van der Waals surface area contributed by atoms with Crippen LogP contribution in [0.1, 0.15) is 5.56 Å². The van der Waals surface area contributed by atoms with Crippen molar-refractivity contribution in [1.29, 1.82) is 0 Å². The number of benzene rings is 1. The summed E-state index contributed by atoms with van der Waals surface area (Å²) < 4.78 is 26.8. The molecule has 0 unspecified atom stereocenters. The van der Waals surface area contributed by atoms with E-state index in [0.717, 1.165) is 0 Å². The van der Waals surface area contributed by atoms with Crippen LogP contribution in [-0.4, -0.2) is 19.0 Å². The maximum Gasteiger partial charge on any atom is 0.285 e. The number of alkyl halides is 2. The lowest BCUT2D eigenvalue weighted by atomic mass is 10.1. The smallest absolute Gasteiger partial charge is 0.285 e. The van der Waals surface area contributed by atoms with Gasteiger partial charge in [-0.15, -0.1) is 0 Å². The van der Waals surface area contributed by atoms with E-state index < -0.39 is 18.4 Å². The van der Waals surface area contributed by atoms with Gasteiger partial charge in [0, 0.05) is 5.56 Å². The number of nitrogens with two attached hydrogens (primary N) is 1. The second-order valence-electron chi connectivity index (χ2n) is 3.14. The lowest BCUT2D eigenvalue weighted by Gasteiger charge is -2.16. The highest BCUT2D eigenvalue weighted by molar-refractivity contribution is 5.75. The highest BCUT2D eigenvalue weighted by Crippen LogP contribution is 2.26. The molecule has 1 amide bonds. The molecule has 0 aliphatic carbocycles. The van der Waals surface area contributed by atoms with E-state index in [1.54, 1.807) is 6.07 Å². The third-order valence-electron chi connectivity index (χ3n) is 1.84. The average molecular weight is 214 g/mol. The van der Waals surface area contributed by atoms with E-state index in [9.17, 15) is 13.6 Å². The van der Waals surface area contributed by atoms with Crippen LogP contribution in [0.25, 0.3) is 0 Å². The van der Waals surface area contributed by atoms with Gasteiger partial charge in [-0.1, -0.05) is 30.3 Å². The van der Waals surface area contributed by atoms with Crippen LogP contribution in [0.4, 0.5) is 8.78 Å². The van der Waals surface area contributed by atoms with E-state index in [1.165, 1.54) is 24.3 Å². The first-order valence-electron chi connectivity index (χ1n) is 4.45. The molecule has 0 radical (unpaired) electrons. The minimum absolute atomic E-state index is 0.0815. The largest absolute Gasteiger partial charge is 0.369 e. The molecule has 0 aliphatic heterocycles. The molecule has 0 saturated heterocycles. The van der Waals surface area contributed by atoms with Gasteiger partial charge in [-0.3, -0.25) is 4.79 Å². The first kappa shape index (κ1) is 11.6. The number of rotatable bonds is 5. The number of primary amides is 1. The van der Waals surface area contributed by atoms with Gasteiger partial charge in [0.2, 0.25) is 5.91 Å². The Morgan fingerprint density at radius 3 is 2.47 bits per heavy atom. The molecule has 0 bridgehead atoms. The fourth-order valence-electron chi connectivity index (χ4n) is 1.13. The second kappa shape index (κ2) is 4.84. The van der Waals surface area contributed by atoms with E-state index in [-0.39, 0.29) is 12.1 Å². The summed E-state index contributed by atoms with van der Waals surface area (Å²) in [4.78, 5) is 10.3. The maximum absolute atomic E-state index is 13.4. The van der Waals surface area contributed by atoms with Gasteiger partial charge in [-0.25, -0.2) is 0 Å². The van der Waals surface area contributed by atoms with Crippen molar-refractivity contribution < 1.29 is 13.6 Å². The molecule has 0 aliphatic rings. The molecule has 5 heteroatoms. The van der Waals surface area contributed by atoms with Crippen LogP contribution in [0.3, 0.4) is 0 Å². The highest BCUT2D eigenvalue weighted by atomic mass is 19.3. The molecule has 3 N–H and O–H groups in total. The summed E-state index contributed by atoms with van der Waals surface area (Å²) in [5, 5.41) is 2.30. The molecule has 0 spiro atoms. The Kier molecular flexibility index (Phi) is 3.74. The summed E-state index contributed by atoms with van der Waals surface area (Å²) >= 11 is 0. The Morgan fingerprint density at radius 1 is 1.33 bits per heavy atom. The number of hydrogen-bond acceptors (Lipinski definition) is 2. The van der Waals surface area contributed by atoms with Crippen molar-refractivity contribution in [1.82, 2.24) is 5.32 Å². The zero-order valence-electron chi connectivity index (χ0n) is 8.04. The fourth-order valence-corrected chi connectivity index (χ4v) is 1.13. The molecule has 0 atom stereocenters. The van der Waals surface area contributed by atoms with E-state index in [0.29, 0.717) is 0 Å². The van der Waals surface area contributed by atoms with Gasteiger partial charge in [-0.05, 0) is 0 Å². The zero-order chi connectivity index (χ0) is 11.3. The molecule has 82 valence electrons. The fraction of sp³-hybridized carbons (Fsp3) is 0.300. The lowest BCUT2D eigenvalue weighted by molar-refractivity contribution is -0.117. The van der Waals surface area contributed by atoms with Crippen molar-refractivity contribution >= 4 is 5.91 Å². The molecule has 1 rings (SSSR count). The van der Waals surface area contributed by atoms with Crippen molar-refractivity contribution in [3.05, 3.63) is 35.9 Å². The maximum atomic E-state index is 13.4. The summed E-state index contributed by atoms with van der Waals surface area (Å²) in [5.41, 5.74) is 4.73. The zero-order valence-corrected chi connectivity index (χ0v) is 8.04. The Balaban J connectivity index is 2.56. The molecule has 0 aromatic heterocycles. The molecular weight excluding hydrogens is 202 g/mol. The van der Waals surface area contributed by atoms with Crippen molar-refractivity contribution in [3.63, 3.8) is 0 Å². The third kappa shape index (κ3) is 3.63. The number of nitrogens with one attached hydrogen (secondary N) is 1. The summed E-state index contributed by atoms with van der Waals surface area (Å²) in [7, 11) is 0. The van der Waals surface area contributed by atoms with E-state index >= 15 is 0 Å². The Hall–Kier alpha value is -1.49. The predicted octanol–water partition coefficient (Wildman–Crippen LogP) is 0.853. The molecule has 1 aromatic rings. The van der Waals surface area contributed by atoms with Gasteiger partial charge in [0.1, 0.15) is 0 Å². The van der Waals surface area contributed by atoms with Crippen molar-refractivity contribution in [2.24, 2.45) is 5.73 Å². The van der Waals surface area contributed by atoms with Gasteiger partial charge in [0.15, 0.2) is 0 Å². The number of carbonyl (C=O) groups is 1. The minimum atomic E-state index is -2.99. The summed E-state index contributed by atoms with van der Waals surface area (Å²) in [6, 6.07) is 7.42. The van der Waals surface area contributed by atoms with Crippen LogP contribution in [-0.2, 0) is 10.7 Å². The van der Waals surface area contributed by atoms with Gasteiger partial charge >= 0.3 is 0 Å². The van der Waals surface area contributed by atoms with Crippen LogP contribution < -0.4 is 11.1 Å². The van der Waals surface area contributed by atoms with Gasteiger partial charge in [0.25, 0.3) is 5.92 Å². The second-order valence-corrected chi connectivity index (χ2v) is 3.14. The normalized spacial score (nSPS) is 11.3. The first-order chi connectivity index (χ1) is 7.02. The number of halogens is 2. The van der Waals surface area contributed by atoms with Gasteiger partial charge in [0.05, 0.1) is 13.1 Å². The molecule has 15 heavy (non-hydrogen) atoms. The molecule has 0 heterocycles.